The minimum Gasteiger partial charge on any atom is -0.870 e. The van der Waals surface area contributed by atoms with Gasteiger partial charge in [0.05, 0.1) is 49.3 Å². The van der Waals surface area contributed by atoms with E-state index in [4.69, 9.17) is 37.7 Å². The predicted molar refractivity (Wildman–Crippen MR) is 81.2 cm³/mol. The largest absolute Gasteiger partial charge is 2.00 e. The summed E-state index contributed by atoms with van der Waals surface area (Å²) in [5.41, 5.74) is 0. The van der Waals surface area contributed by atoms with Crippen molar-refractivity contribution in [2.45, 2.75) is 18.3 Å². The molecule has 23 heavy (non-hydrogen) atoms. The maximum Gasteiger partial charge on any atom is 2.00 e. The van der Waals surface area contributed by atoms with Crippen LogP contribution in [-0.2, 0) is 32.9 Å². The third-order valence-corrected chi connectivity index (χ3v) is 2.26. The molecule has 0 aromatic carbocycles. The van der Waals surface area contributed by atoms with Crippen LogP contribution in [0.25, 0.3) is 0 Å². The summed E-state index contributed by atoms with van der Waals surface area (Å²) in [5, 5.41) is 0. The molecule has 0 bridgehead atoms. The summed E-state index contributed by atoms with van der Waals surface area (Å²) < 4.78 is 37.2. The van der Waals surface area contributed by atoms with Gasteiger partial charge in [0.1, 0.15) is 18.3 Å². The SMILES string of the molecule is COCC1CO1.COCC1CO1.COCC1CO1.O=[Si-]O.[Ca+2].[OH-]. The van der Waals surface area contributed by atoms with Crippen LogP contribution in [0.5, 0.6) is 0 Å². The molecule has 3 heterocycles. The van der Waals surface area contributed by atoms with Gasteiger partial charge in [-0.15, -0.1) is 0 Å². The third kappa shape index (κ3) is 27.9. The van der Waals surface area contributed by atoms with Gasteiger partial charge in [-0.2, -0.15) is 0 Å². The standard InChI is InChI=1S/3C4H8O2.Ca.HO2Si.H2O/c3*1-5-2-4-3-6-4;;1-3-2;/h3*4H,2-3H2,1H3;;1H;1H2/q;;;+2;-1;/p-1. The summed E-state index contributed by atoms with van der Waals surface area (Å²) in [6.07, 6.45) is 1.28. The van der Waals surface area contributed by atoms with E-state index in [2.05, 4.69) is 0 Å². The number of hydrogen-bond acceptors (Lipinski definition) is 8. The van der Waals surface area contributed by atoms with Crippen LogP contribution >= 0.6 is 0 Å². The van der Waals surface area contributed by atoms with Gasteiger partial charge in [-0.3, -0.25) is 0 Å². The summed E-state index contributed by atoms with van der Waals surface area (Å²) in [5.74, 6) is 0. The number of epoxide rings is 3. The van der Waals surface area contributed by atoms with Crippen LogP contribution in [0.2, 0.25) is 0 Å². The summed E-state index contributed by atoms with van der Waals surface area (Å²) in [6.45, 7) is 4.98. The van der Waals surface area contributed by atoms with E-state index in [0.29, 0.717) is 18.3 Å². The van der Waals surface area contributed by atoms with Gasteiger partial charge < -0.3 is 43.2 Å². The molecule has 134 valence electrons. The Morgan fingerprint density at radius 3 is 1.09 bits per heavy atom. The van der Waals surface area contributed by atoms with Gasteiger partial charge >= 0.3 is 37.7 Å². The molecule has 0 spiro atoms. The van der Waals surface area contributed by atoms with E-state index in [9.17, 15) is 0 Å². The number of hydrogen-bond donors (Lipinski definition) is 1. The van der Waals surface area contributed by atoms with Crippen molar-refractivity contribution in [1.82, 2.24) is 0 Å². The molecule has 3 saturated heterocycles. The van der Waals surface area contributed by atoms with Crippen LogP contribution in [0, 0.1) is 0 Å². The van der Waals surface area contributed by atoms with E-state index >= 15 is 0 Å². The van der Waals surface area contributed by atoms with Crippen molar-refractivity contribution in [2.75, 3.05) is 61.0 Å². The number of ether oxygens (including phenoxy) is 6. The van der Waals surface area contributed by atoms with Crippen molar-refractivity contribution in [3.8, 4) is 0 Å². The Labute approximate surface area is 169 Å². The minimum absolute atomic E-state index is 0. The van der Waals surface area contributed by atoms with Gasteiger partial charge in [-0.25, -0.2) is 0 Å². The first-order valence-electron chi connectivity index (χ1n) is 6.54. The van der Waals surface area contributed by atoms with Crippen LogP contribution in [0.3, 0.4) is 0 Å². The average molecular weight is 382 g/mol. The number of rotatable bonds is 6. The average Bonchev–Trinajstić information content (AvgIpc) is 3.23. The van der Waals surface area contributed by atoms with E-state index in [1.807, 2.05) is 0 Å². The van der Waals surface area contributed by atoms with Crippen molar-refractivity contribution in [3.63, 3.8) is 0 Å². The molecular weight excluding hydrogens is 356 g/mol. The van der Waals surface area contributed by atoms with E-state index in [1.165, 1.54) is 0 Å². The second-order valence-corrected chi connectivity index (χ2v) is 4.51. The van der Waals surface area contributed by atoms with Gasteiger partial charge in [0.25, 0.3) is 0 Å². The Bertz CT molecular complexity index is 205. The molecule has 0 aromatic heterocycles. The van der Waals surface area contributed by atoms with Gasteiger partial charge in [-0.05, 0) is 0 Å². The van der Waals surface area contributed by atoms with Gasteiger partial charge in [0.15, 0.2) is 0 Å². The molecule has 9 nitrogen and oxygen atoms in total. The maximum absolute atomic E-state index is 8.51. The molecule has 3 fully saturated rings. The van der Waals surface area contributed by atoms with Crippen molar-refractivity contribution >= 4 is 47.4 Å². The zero-order valence-corrected chi connectivity index (χ0v) is 17.1. The molecule has 0 saturated carbocycles. The molecule has 0 radical (unpaired) electrons. The Hall–Kier alpha value is 0.797. The molecule has 3 aliphatic rings. The molecule has 3 aliphatic heterocycles. The van der Waals surface area contributed by atoms with Crippen molar-refractivity contribution in [3.05, 3.63) is 0 Å². The topological polar surface area (TPSA) is 133 Å². The van der Waals surface area contributed by atoms with E-state index in [1.54, 1.807) is 21.3 Å². The summed E-state index contributed by atoms with van der Waals surface area (Å²) in [6, 6.07) is 0. The second kappa shape index (κ2) is 20.8. The van der Waals surface area contributed by atoms with Crippen LogP contribution in [0.15, 0.2) is 0 Å². The third-order valence-electron chi connectivity index (χ3n) is 2.26. The molecule has 0 amide bonds. The van der Waals surface area contributed by atoms with E-state index in [-0.39, 0.29) is 43.2 Å². The molecule has 3 rings (SSSR count). The maximum atomic E-state index is 8.51. The van der Waals surface area contributed by atoms with Gasteiger partial charge in [-0.1, -0.05) is 0 Å². The number of methoxy groups -OCH3 is 3. The zero-order chi connectivity index (χ0) is 15.9. The fourth-order valence-electron chi connectivity index (χ4n) is 1.05. The summed E-state index contributed by atoms with van der Waals surface area (Å²) >= 11 is 0. The van der Waals surface area contributed by atoms with Crippen LogP contribution < -0.4 is 0 Å². The Morgan fingerprint density at radius 1 is 0.870 bits per heavy atom. The minimum atomic E-state index is -1.17. The van der Waals surface area contributed by atoms with Crippen molar-refractivity contribution in [2.24, 2.45) is 0 Å². The summed E-state index contributed by atoms with van der Waals surface area (Å²) in [7, 11) is 3.88. The van der Waals surface area contributed by atoms with E-state index < -0.39 is 9.65 Å². The zero-order valence-electron chi connectivity index (χ0n) is 13.9. The first-order valence-corrected chi connectivity index (χ1v) is 7.40. The molecule has 2 N–H and O–H groups in total. The van der Waals surface area contributed by atoms with Crippen LogP contribution in [-0.4, -0.2) is 137 Å². The second-order valence-electron chi connectivity index (χ2n) is 4.32. The Balaban J connectivity index is -0.000000232. The van der Waals surface area contributed by atoms with E-state index in [0.717, 1.165) is 39.6 Å². The van der Waals surface area contributed by atoms with Crippen molar-refractivity contribution in [1.29, 1.82) is 0 Å². The smallest absolute Gasteiger partial charge is 0.870 e. The Morgan fingerprint density at radius 2 is 1.04 bits per heavy atom. The molecular formula is C12H26CaO9Si. The quantitative estimate of drug-likeness (QED) is 0.429. The normalized spacial score (nSPS) is 24.4. The first-order chi connectivity index (χ1) is 10.2. The molecule has 0 aromatic rings. The van der Waals surface area contributed by atoms with Crippen LogP contribution in [0.1, 0.15) is 0 Å². The first kappa shape index (κ1) is 28.6. The molecule has 0 aliphatic carbocycles. The molecule has 11 heteroatoms. The van der Waals surface area contributed by atoms with Crippen LogP contribution in [0.4, 0.5) is 0 Å². The Kier molecular flexibility index (Phi) is 25.9. The fourth-order valence-corrected chi connectivity index (χ4v) is 1.05. The fraction of sp³-hybridized carbons (Fsp3) is 1.00. The monoisotopic (exact) mass is 382 g/mol. The molecule has 3 unspecified atom stereocenters. The molecule has 3 atom stereocenters. The van der Waals surface area contributed by atoms with Gasteiger partial charge in [0, 0.05) is 21.3 Å². The predicted octanol–water partition coefficient (Wildman–Crippen LogP) is -1.52. The van der Waals surface area contributed by atoms with Gasteiger partial charge in [0.2, 0.25) is 0 Å². The summed E-state index contributed by atoms with van der Waals surface area (Å²) in [4.78, 5) is 7.04. The van der Waals surface area contributed by atoms with Crippen molar-refractivity contribution < 1.29 is 43.2 Å².